The number of hydrogen-bond donors (Lipinski definition) is 1. The third-order valence-electron chi connectivity index (χ3n) is 3.46. The first-order valence-electron chi connectivity index (χ1n) is 7.43. The summed E-state index contributed by atoms with van der Waals surface area (Å²) in [4.78, 5) is 22.9. The highest BCUT2D eigenvalue weighted by molar-refractivity contribution is 5.73. The largest absolute Gasteiger partial charge is 0.460 e. The summed E-state index contributed by atoms with van der Waals surface area (Å²) in [7, 11) is 1.36. The van der Waals surface area contributed by atoms with E-state index in [4.69, 9.17) is 4.74 Å². The number of benzene rings is 1. The van der Waals surface area contributed by atoms with Crippen molar-refractivity contribution in [2.24, 2.45) is 0 Å². The van der Waals surface area contributed by atoms with Gasteiger partial charge in [0.05, 0.1) is 13.5 Å². The number of nitrogens with one attached hydrogen (secondary N) is 1. The van der Waals surface area contributed by atoms with E-state index < -0.39 is 11.7 Å². The number of ether oxygens (including phenoxy) is 2. The van der Waals surface area contributed by atoms with Crippen LogP contribution >= 0.6 is 0 Å². The monoisotopic (exact) mass is 305 g/mol. The van der Waals surface area contributed by atoms with Crippen LogP contribution in [0.2, 0.25) is 0 Å². The molecular weight excluding hydrogens is 282 g/mol. The second-order valence-electron chi connectivity index (χ2n) is 6.59. The van der Waals surface area contributed by atoms with Crippen molar-refractivity contribution in [2.75, 3.05) is 7.11 Å². The van der Waals surface area contributed by atoms with Gasteiger partial charge in [-0.15, -0.1) is 0 Å². The van der Waals surface area contributed by atoms with Gasteiger partial charge < -0.3 is 14.8 Å². The predicted octanol–water partition coefficient (Wildman–Crippen LogP) is 2.78. The fourth-order valence-corrected chi connectivity index (χ4v) is 2.36. The zero-order valence-electron chi connectivity index (χ0n) is 13.5. The molecule has 1 aromatic carbocycles. The van der Waals surface area contributed by atoms with Crippen LogP contribution in [-0.4, -0.2) is 30.8 Å². The quantitative estimate of drug-likeness (QED) is 0.869. The fourth-order valence-electron chi connectivity index (χ4n) is 2.36. The molecule has 2 rings (SSSR count). The van der Waals surface area contributed by atoms with Crippen molar-refractivity contribution in [1.29, 1.82) is 0 Å². The lowest BCUT2D eigenvalue weighted by molar-refractivity contribution is -0.153. The molecular formula is C17H23NO4. The predicted molar refractivity (Wildman–Crippen MR) is 82.7 cm³/mol. The third-order valence-corrected chi connectivity index (χ3v) is 3.46. The van der Waals surface area contributed by atoms with E-state index >= 15 is 0 Å². The molecule has 0 spiro atoms. The van der Waals surface area contributed by atoms with Crippen LogP contribution < -0.4 is 5.32 Å². The van der Waals surface area contributed by atoms with Gasteiger partial charge in [-0.3, -0.25) is 4.79 Å². The summed E-state index contributed by atoms with van der Waals surface area (Å²) in [5.41, 5.74) is 1.63. The number of carbonyl (C=O) groups is 2. The molecule has 2 atom stereocenters. The topological polar surface area (TPSA) is 64.6 Å². The number of methoxy groups -OCH3 is 1. The van der Waals surface area contributed by atoms with Gasteiger partial charge in [0.2, 0.25) is 0 Å². The van der Waals surface area contributed by atoms with Crippen molar-refractivity contribution < 1.29 is 19.1 Å². The summed E-state index contributed by atoms with van der Waals surface area (Å²) < 4.78 is 9.89. The van der Waals surface area contributed by atoms with Gasteiger partial charge in [-0.2, -0.15) is 0 Å². The van der Waals surface area contributed by atoms with E-state index in [9.17, 15) is 9.59 Å². The maximum Gasteiger partial charge on any atom is 0.407 e. The summed E-state index contributed by atoms with van der Waals surface area (Å²) in [6, 6.07) is 8.02. The van der Waals surface area contributed by atoms with E-state index in [1.807, 2.05) is 45.0 Å². The average Bonchev–Trinajstić information content (AvgIpc) is 3.16. The second kappa shape index (κ2) is 6.38. The number of hydrogen-bond acceptors (Lipinski definition) is 4. The highest BCUT2D eigenvalue weighted by Crippen LogP contribution is 2.40. The molecule has 5 heteroatoms. The summed E-state index contributed by atoms with van der Waals surface area (Å²) in [6.45, 7) is 5.57. The molecule has 0 heterocycles. The molecule has 120 valence electrons. The van der Waals surface area contributed by atoms with Crippen LogP contribution in [0.25, 0.3) is 0 Å². The Kier molecular flexibility index (Phi) is 4.74. The highest BCUT2D eigenvalue weighted by Gasteiger charge is 2.39. The molecule has 1 amide bonds. The van der Waals surface area contributed by atoms with Gasteiger partial charge >= 0.3 is 12.1 Å². The Bertz CT molecular complexity index is 545. The van der Waals surface area contributed by atoms with Crippen molar-refractivity contribution in [1.82, 2.24) is 5.32 Å². The van der Waals surface area contributed by atoms with Crippen molar-refractivity contribution in [3.05, 3.63) is 35.4 Å². The number of esters is 1. The highest BCUT2D eigenvalue weighted by atomic mass is 16.6. The molecule has 0 aromatic heterocycles. The van der Waals surface area contributed by atoms with Crippen LogP contribution in [-0.2, 0) is 20.7 Å². The van der Waals surface area contributed by atoms with Crippen LogP contribution in [0, 0.1) is 0 Å². The Morgan fingerprint density at radius 3 is 2.41 bits per heavy atom. The molecule has 0 radical (unpaired) electrons. The van der Waals surface area contributed by atoms with Crippen molar-refractivity contribution in [2.45, 2.75) is 51.2 Å². The van der Waals surface area contributed by atoms with E-state index in [-0.39, 0.29) is 18.4 Å². The van der Waals surface area contributed by atoms with E-state index in [2.05, 4.69) is 10.1 Å². The minimum Gasteiger partial charge on any atom is -0.460 e. The van der Waals surface area contributed by atoms with Crippen molar-refractivity contribution in [3.63, 3.8) is 0 Å². The first kappa shape index (κ1) is 16.3. The molecule has 1 saturated carbocycles. The normalized spacial score (nSPS) is 20.2. The molecule has 0 bridgehead atoms. The van der Waals surface area contributed by atoms with E-state index in [1.54, 1.807) is 0 Å². The third kappa shape index (κ3) is 4.76. The first-order chi connectivity index (χ1) is 10.3. The van der Waals surface area contributed by atoms with Gasteiger partial charge in [0, 0.05) is 12.0 Å². The average molecular weight is 305 g/mol. The van der Waals surface area contributed by atoms with Gasteiger partial charge in [-0.05, 0) is 38.3 Å². The lowest BCUT2D eigenvalue weighted by Crippen LogP contribution is -2.26. The molecule has 1 aliphatic rings. The Balaban J connectivity index is 1.87. The maximum atomic E-state index is 11.8. The first-order valence-corrected chi connectivity index (χ1v) is 7.43. The summed E-state index contributed by atoms with van der Waals surface area (Å²) in [5, 5.41) is 2.79. The van der Waals surface area contributed by atoms with Gasteiger partial charge in [-0.25, -0.2) is 4.79 Å². The van der Waals surface area contributed by atoms with Gasteiger partial charge in [-0.1, -0.05) is 24.3 Å². The van der Waals surface area contributed by atoms with Gasteiger partial charge in [0.15, 0.2) is 0 Å². The molecule has 1 fully saturated rings. The summed E-state index contributed by atoms with van der Waals surface area (Å²) >= 11 is 0. The van der Waals surface area contributed by atoms with E-state index in [0.29, 0.717) is 5.92 Å². The molecule has 0 unspecified atom stereocenters. The van der Waals surface area contributed by atoms with Crippen LogP contribution in [0.1, 0.15) is 44.2 Å². The minimum atomic E-state index is -0.461. The number of alkyl carbamates (subject to hydrolysis) is 1. The Hall–Kier alpha value is -2.04. The van der Waals surface area contributed by atoms with Crippen LogP contribution in [0.5, 0.6) is 0 Å². The molecule has 1 aliphatic carbocycles. The number of amides is 1. The molecule has 1 N–H and O–H groups in total. The fraction of sp³-hybridized carbons (Fsp3) is 0.529. The minimum absolute atomic E-state index is 0.143. The molecule has 1 aromatic rings. The zero-order valence-corrected chi connectivity index (χ0v) is 13.5. The zero-order chi connectivity index (χ0) is 16.3. The molecule has 0 saturated heterocycles. The number of rotatable bonds is 4. The van der Waals surface area contributed by atoms with E-state index in [0.717, 1.165) is 17.5 Å². The Morgan fingerprint density at radius 1 is 1.23 bits per heavy atom. The molecule has 5 nitrogen and oxygen atoms in total. The molecule has 0 aliphatic heterocycles. The standard InChI is InChI=1S/C17H23NO4/c1-17(2,3)22-15(19)9-11-5-7-12(8-6-11)13-10-14(13)18-16(20)21-4/h5-8,13-14H,9-10H2,1-4H3,(H,18,20)/t13-,14+/m0/s1. The van der Waals surface area contributed by atoms with Crippen molar-refractivity contribution >= 4 is 12.1 Å². The lowest BCUT2D eigenvalue weighted by Gasteiger charge is -2.19. The SMILES string of the molecule is COC(=O)N[C@@H]1C[C@H]1c1ccc(CC(=O)OC(C)(C)C)cc1. The lowest BCUT2D eigenvalue weighted by atomic mass is 10.1. The van der Waals surface area contributed by atoms with Gasteiger partial charge in [0.25, 0.3) is 0 Å². The number of carbonyl (C=O) groups excluding carboxylic acids is 2. The maximum absolute atomic E-state index is 11.8. The second-order valence-corrected chi connectivity index (χ2v) is 6.59. The van der Waals surface area contributed by atoms with Crippen LogP contribution in [0.3, 0.4) is 0 Å². The smallest absolute Gasteiger partial charge is 0.407 e. The molecule has 22 heavy (non-hydrogen) atoms. The Labute approximate surface area is 131 Å². The van der Waals surface area contributed by atoms with Gasteiger partial charge in [0.1, 0.15) is 5.60 Å². The Morgan fingerprint density at radius 2 is 1.86 bits per heavy atom. The van der Waals surface area contributed by atoms with E-state index in [1.165, 1.54) is 7.11 Å². The summed E-state index contributed by atoms with van der Waals surface area (Å²) in [6.07, 6.45) is 0.793. The summed E-state index contributed by atoms with van der Waals surface area (Å²) in [5.74, 6) is 0.103. The van der Waals surface area contributed by atoms with Crippen molar-refractivity contribution in [3.8, 4) is 0 Å². The van der Waals surface area contributed by atoms with Crippen LogP contribution in [0.15, 0.2) is 24.3 Å². The van der Waals surface area contributed by atoms with Crippen LogP contribution in [0.4, 0.5) is 4.79 Å².